The van der Waals surface area contributed by atoms with Crippen molar-refractivity contribution in [2.24, 2.45) is 0 Å². The molecule has 0 aromatic carbocycles. The van der Waals surface area contributed by atoms with Crippen LogP contribution < -0.4 is 0 Å². The van der Waals surface area contributed by atoms with Gasteiger partial charge >= 0.3 is 4.87 Å². The summed E-state index contributed by atoms with van der Waals surface area (Å²) in [6, 6.07) is 0. The van der Waals surface area contributed by atoms with Gasteiger partial charge in [0.15, 0.2) is 0 Å². The molecule has 0 saturated heterocycles. The summed E-state index contributed by atoms with van der Waals surface area (Å²) in [7, 11) is 0. The van der Waals surface area contributed by atoms with E-state index in [1.54, 1.807) is 0 Å². The molecule has 0 bridgehead atoms. The van der Waals surface area contributed by atoms with E-state index in [0.717, 1.165) is 19.3 Å². The fraction of sp³-hybridized carbons (Fsp3) is 1.00. The molecule has 1 saturated carbocycles. The van der Waals surface area contributed by atoms with Crippen molar-refractivity contribution in [3.05, 3.63) is 4.98 Å². The van der Waals surface area contributed by atoms with Crippen molar-refractivity contribution < 1.29 is 8.76 Å². The maximum absolute atomic E-state index is 10.8. The molecule has 0 aliphatic heterocycles. The first-order valence-electron chi connectivity index (χ1n) is 3.68. The molecule has 4 nitrogen and oxygen atoms in total. The lowest BCUT2D eigenvalue weighted by molar-refractivity contribution is 0.409. The van der Waals surface area contributed by atoms with Crippen LogP contribution in [0.3, 0.4) is 0 Å². The predicted octanol–water partition coefficient (Wildman–Crippen LogP) is 1.72. The van der Waals surface area contributed by atoms with Crippen molar-refractivity contribution >= 4 is 11.1 Å². The van der Waals surface area contributed by atoms with Crippen molar-refractivity contribution in [3.63, 3.8) is 0 Å². The highest BCUT2D eigenvalue weighted by Gasteiger charge is 2.51. The Labute approximate surface area is 67.9 Å². The van der Waals surface area contributed by atoms with Gasteiger partial charge in [-0.3, -0.25) is 4.55 Å². The average Bonchev–Trinajstić information content (AvgIpc) is 2.05. The standard InChI is InChI=1S/C6H10N2O2S/c7-8-6(11(9)10)4-2-1-3-5-6/h1-5H2/p+1. The molecule has 1 N–H and O–H groups in total. The Kier molecular flexibility index (Phi) is 2.58. The molecule has 5 heteroatoms. The van der Waals surface area contributed by atoms with Gasteiger partial charge in [-0.2, -0.15) is 0 Å². The summed E-state index contributed by atoms with van der Waals surface area (Å²) < 4.78 is 19.6. The van der Waals surface area contributed by atoms with E-state index >= 15 is 0 Å². The SMILES string of the molecule is N#[N+]C1(S(=O)O)CCCCC1. The zero-order valence-corrected chi connectivity index (χ0v) is 7.01. The molecule has 1 unspecified atom stereocenters. The van der Waals surface area contributed by atoms with Crippen LogP contribution in [0.5, 0.6) is 0 Å². The number of diazo groups is 1. The number of nitrogens with zero attached hydrogens (tertiary/aromatic N) is 2. The third-order valence-electron chi connectivity index (χ3n) is 2.14. The second kappa shape index (κ2) is 3.28. The minimum atomic E-state index is -2.03. The maximum Gasteiger partial charge on any atom is 0.418 e. The van der Waals surface area contributed by atoms with Gasteiger partial charge in [-0.25, -0.2) is 4.21 Å². The van der Waals surface area contributed by atoms with Crippen molar-refractivity contribution in [1.82, 2.24) is 0 Å². The fourth-order valence-corrected chi connectivity index (χ4v) is 2.12. The second-order valence-electron chi connectivity index (χ2n) is 2.86. The summed E-state index contributed by atoms with van der Waals surface area (Å²) in [4.78, 5) is 1.96. The normalized spacial score (nSPS) is 25.5. The smallest absolute Gasteiger partial charge is 0.300 e. The van der Waals surface area contributed by atoms with Crippen LogP contribution in [0.4, 0.5) is 0 Å². The lowest BCUT2D eigenvalue weighted by Gasteiger charge is -2.15. The topological polar surface area (TPSA) is 65.5 Å². The van der Waals surface area contributed by atoms with Gasteiger partial charge in [0, 0.05) is 12.8 Å². The second-order valence-corrected chi connectivity index (χ2v) is 4.11. The van der Waals surface area contributed by atoms with Crippen LogP contribution in [0.15, 0.2) is 0 Å². The van der Waals surface area contributed by atoms with Gasteiger partial charge in [-0.05, 0) is 12.8 Å². The van der Waals surface area contributed by atoms with Crippen LogP contribution in [0.25, 0.3) is 4.98 Å². The highest BCUT2D eigenvalue weighted by Crippen LogP contribution is 2.33. The van der Waals surface area contributed by atoms with Crippen molar-refractivity contribution in [2.75, 3.05) is 0 Å². The number of hydrogen-bond donors (Lipinski definition) is 1. The quantitative estimate of drug-likeness (QED) is 0.487. The van der Waals surface area contributed by atoms with Crippen molar-refractivity contribution in [1.29, 1.82) is 5.39 Å². The summed E-state index contributed by atoms with van der Waals surface area (Å²) in [6.45, 7) is 0. The monoisotopic (exact) mass is 175 g/mol. The van der Waals surface area contributed by atoms with Gasteiger partial charge in [-0.15, -0.1) is 0 Å². The molecule has 0 spiro atoms. The summed E-state index contributed by atoms with van der Waals surface area (Å²) in [5.74, 6) is 0. The molecule has 1 fully saturated rings. The van der Waals surface area contributed by atoms with E-state index in [1.807, 2.05) is 0 Å². The maximum atomic E-state index is 10.8. The van der Waals surface area contributed by atoms with Gasteiger partial charge in [-0.1, -0.05) is 6.42 Å². The van der Waals surface area contributed by atoms with Crippen LogP contribution >= 0.6 is 0 Å². The molecule has 1 aliphatic carbocycles. The van der Waals surface area contributed by atoms with Gasteiger partial charge in [0.2, 0.25) is 16.5 Å². The Morgan fingerprint density at radius 3 is 2.18 bits per heavy atom. The van der Waals surface area contributed by atoms with E-state index in [0.29, 0.717) is 12.8 Å². The molecule has 62 valence electrons. The molecule has 1 atom stereocenters. The van der Waals surface area contributed by atoms with Crippen LogP contribution in [-0.4, -0.2) is 13.6 Å². The largest absolute Gasteiger partial charge is 0.418 e. The fourth-order valence-electron chi connectivity index (χ4n) is 1.41. The zero-order valence-electron chi connectivity index (χ0n) is 6.19. The Balaban J connectivity index is 2.75. The average molecular weight is 175 g/mol. The Morgan fingerprint density at radius 2 is 1.91 bits per heavy atom. The number of hydrogen-bond acceptors (Lipinski definition) is 2. The first-order chi connectivity index (χ1) is 5.21. The summed E-state index contributed by atoms with van der Waals surface area (Å²) in [5.41, 5.74) is 0. The van der Waals surface area contributed by atoms with E-state index < -0.39 is 16.0 Å². The molecule has 0 aromatic rings. The summed E-state index contributed by atoms with van der Waals surface area (Å²) in [6.07, 6.45) is 3.85. The van der Waals surface area contributed by atoms with Gasteiger partial charge in [0.25, 0.3) is 0 Å². The molecule has 0 amide bonds. The lowest BCUT2D eigenvalue weighted by atomic mass is 9.95. The minimum absolute atomic E-state index is 0.520. The lowest BCUT2D eigenvalue weighted by Crippen LogP contribution is -2.32. The Morgan fingerprint density at radius 1 is 1.36 bits per heavy atom. The van der Waals surface area contributed by atoms with Crippen LogP contribution in [0, 0.1) is 5.39 Å². The zero-order chi connectivity index (χ0) is 8.32. The van der Waals surface area contributed by atoms with E-state index in [2.05, 4.69) is 4.98 Å². The third kappa shape index (κ3) is 1.57. The van der Waals surface area contributed by atoms with E-state index in [1.165, 1.54) is 0 Å². The highest BCUT2D eigenvalue weighted by atomic mass is 32.2. The predicted molar refractivity (Wildman–Crippen MR) is 41.7 cm³/mol. The molecule has 0 aromatic heterocycles. The minimum Gasteiger partial charge on any atom is -0.300 e. The van der Waals surface area contributed by atoms with Crippen LogP contribution in [0.2, 0.25) is 0 Å². The van der Waals surface area contributed by atoms with E-state index in [9.17, 15) is 4.21 Å². The van der Waals surface area contributed by atoms with Crippen molar-refractivity contribution in [3.8, 4) is 0 Å². The van der Waals surface area contributed by atoms with Crippen LogP contribution in [-0.2, 0) is 11.1 Å². The number of rotatable bonds is 1. The molecular weight excluding hydrogens is 164 g/mol. The molecule has 11 heavy (non-hydrogen) atoms. The van der Waals surface area contributed by atoms with Crippen molar-refractivity contribution in [2.45, 2.75) is 37.0 Å². The van der Waals surface area contributed by atoms with E-state index in [-0.39, 0.29) is 0 Å². The summed E-state index contributed by atoms with van der Waals surface area (Å²) >= 11 is -2.03. The molecule has 0 radical (unpaired) electrons. The third-order valence-corrected chi connectivity index (χ3v) is 3.28. The molecule has 0 heterocycles. The highest BCUT2D eigenvalue weighted by molar-refractivity contribution is 7.80. The van der Waals surface area contributed by atoms with Gasteiger partial charge < -0.3 is 0 Å². The molecule has 1 rings (SSSR count). The van der Waals surface area contributed by atoms with Gasteiger partial charge in [0.05, 0.1) is 0 Å². The van der Waals surface area contributed by atoms with E-state index in [4.69, 9.17) is 9.95 Å². The molecule has 1 aliphatic rings. The first kappa shape index (κ1) is 8.62. The Bertz CT molecular complexity index is 205. The Hall–Kier alpha value is -0.470. The van der Waals surface area contributed by atoms with Gasteiger partial charge in [0.1, 0.15) is 4.98 Å². The first-order valence-corrected chi connectivity index (χ1v) is 4.79. The van der Waals surface area contributed by atoms with Crippen LogP contribution in [0.1, 0.15) is 32.1 Å². The summed E-state index contributed by atoms with van der Waals surface area (Å²) in [5, 5.41) is 8.58. The molecular formula is C6H11N2O2S+.